The Hall–Kier alpha value is -1.22. The summed E-state index contributed by atoms with van der Waals surface area (Å²) in [4.78, 5) is 26.1. The van der Waals surface area contributed by atoms with E-state index in [1.807, 2.05) is 0 Å². The van der Waals surface area contributed by atoms with E-state index in [0.29, 0.717) is 6.42 Å². The largest absolute Gasteiger partial charge is 0.362 e. The van der Waals surface area contributed by atoms with Crippen molar-refractivity contribution >= 4 is 11.8 Å². The van der Waals surface area contributed by atoms with Gasteiger partial charge in [-0.1, -0.05) is 6.92 Å². The SMILES string of the molecule is CCC(=O)N1C[C@@H]2O[C@@]3(O)CN(C(C)=O)C[C@@H]3O[C@@]2(O)C1. The van der Waals surface area contributed by atoms with Crippen molar-refractivity contribution in [3.63, 3.8) is 0 Å². The Kier molecular flexibility index (Phi) is 3.25. The van der Waals surface area contributed by atoms with E-state index in [-0.39, 0.29) is 38.0 Å². The van der Waals surface area contributed by atoms with E-state index in [9.17, 15) is 19.8 Å². The lowest BCUT2D eigenvalue weighted by Gasteiger charge is -2.43. The molecule has 4 atom stereocenters. The quantitative estimate of drug-likeness (QED) is 0.596. The van der Waals surface area contributed by atoms with Gasteiger partial charge in [-0.3, -0.25) is 9.59 Å². The highest BCUT2D eigenvalue weighted by molar-refractivity contribution is 5.76. The summed E-state index contributed by atoms with van der Waals surface area (Å²) in [7, 11) is 0. The van der Waals surface area contributed by atoms with E-state index in [1.165, 1.54) is 16.7 Å². The average molecular weight is 300 g/mol. The first-order chi connectivity index (χ1) is 9.77. The van der Waals surface area contributed by atoms with Crippen LogP contribution in [-0.4, -0.2) is 81.8 Å². The number of aliphatic hydroxyl groups is 2. The van der Waals surface area contributed by atoms with Gasteiger partial charge in [0.1, 0.15) is 12.2 Å². The molecule has 0 aromatic rings. The second-order valence-corrected chi connectivity index (χ2v) is 5.93. The molecule has 3 heterocycles. The van der Waals surface area contributed by atoms with Gasteiger partial charge < -0.3 is 29.5 Å². The number of likely N-dealkylation sites (tertiary alicyclic amines) is 2. The van der Waals surface area contributed by atoms with E-state index < -0.39 is 23.8 Å². The van der Waals surface area contributed by atoms with Crippen LogP contribution in [0.3, 0.4) is 0 Å². The molecule has 0 radical (unpaired) electrons. The van der Waals surface area contributed by atoms with E-state index >= 15 is 0 Å². The minimum atomic E-state index is -1.63. The third-order valence-electron chi connectivity index (χ3n) is 4.41. The zero-order valence-corrected chi connectivity index (χ0v) is 12.1. The number of hydrogen-bond acceptors (Lipinski definition) is 6. The molecule has 3 saturated heterocycles. The van der Waals surface area contributed by atoms with Gasteiger partial charge in [0.2, 0.25) is 23.4 Å². The summed E-state index contributed by atoms with van der Waals surface area (Å²) in [6, 6.07) is 0. The molecule has 2 amide bonds. The minimum Gasteiger partial charge on any atom is -0.362 e. The van der Waals surface area contributed by atoms with Crippen LogP contribution in [0.2, 0.25) is 0 Å². The summed E-state index contributed by atoms with van der Waals surface area (Å²) in [5.74, 6) is -3.56. The van der Waals surface area contributed by atoms with Crippen molar-refractivity contribution in [3.05, 3.63) is 0 Å². The molecule has 0 bridgehead atoms. The van der Waals surface area contributed by atoms with E-state index in [2.05, 4.69) is 0 Å². The number of carbonyl (C=O) groups is 2. The molecule has 3 rings (SSSR count). The van der Waals surface area contributed by atoms with Crippen molar-refractivity contribution in [2.24, 2.45) is 0 Å². The van der Waals surface area contributed by atoms with Gasteiger partial charge in [-0.05, 0) is 0 Å². The Morgan fingerprint density at radius 2 is 1.57 bits per heavy atom. The summed E-state index contributed by atoms with van der Waals surface area (Å²) in [5.41, 5.74) is 0. The summed E-state index contributed by atoms with van der Waals surface area (Å²) in [6.07, 6.45) is -1.31. The maximum absolute atomic E-state index is 11.8. The van der Waals surface area contributed by atoms with Gasteiger partial charge in [-0.15, -0.1) is 0 Å². The summed E-state index contributed by atoms with van der Waals surface area (Å²) in [6.45, 7) is 3.47. The van der Waals surface area contributed by atoms with Gasteiger partial charge >= 0.3 is 0 Å². The first kappa shape index (κ1) is 14.7. The van der Waals surface area contributed by atoms with Gasteiger partial charge in [0.05, 0.1) is 26.2 Å². The zero-order chi connectivity index (χ0) is 15.4. The van der Waals surface area contributed by atoms with Crippen molar-refractivity contribution in [2.75, 3.05) is 26.2 Å². The molecule has 3 aliphatic rings. The van der Waals surface area contributed by atoms with Crippen molar-refractivity contribution < 1.29 is 29.3 Å². The molecule has 3 aliphatic heterocycles. The number of amides is 2. The van der Waals surface area contributed by atoms with Crippen LogP contribution in [0.1, 0.15) is 20.3 Å². The van der Waals surface area contributed by atoms with Crippen molar-refractivity contribution in [1.29, 1.82) is 0 Å². The first-order valence-corrected chi connectivity index (χ1v) is 7.11. The number of β-amino-alcohol motifs (C(OH)–C–C–N with tert-alkyl or cyclic N) is 2. The molecule has 0 aromatic carbocycles. The molecule has 3 fully saturated rings. The molecule has 0 unspecified atom stereocenters. The fourth-order valence-corrected chi connectivity index (χ4v) is 3.20. The topological polar surface area (TPSA) is 99.5 Å². The highest BCUT2D eigenvalue weighted by Crippen LogP contribution is 2.41. The molecule has 8 nitrogen and oxygen atoms in total. The Morgan fingerprint density at radius 3 is 2.05 bits per heavy atom. The van der Waals surface area contributed by atoms with Gasteiger partial charge in [0, 0.05) is 13.3 Å². The first-order valence-electron chi connectivity index (χ1n) is 7.11. The predicted octanol–water partition coefficient (Wildman–Crippen LogP) is -1.74. The normalized spacial score (nSPS) is 41.9. The molecule has 0 aromatic heterocycles. The van der Waals surface area contributed by atoms with Crippen LogP contribution >= 0.6 is 0 Å². The number of ether oxygens (including phenoxy) is 2. The Balaban J connectivity index is 1.78. The second-order valence-electron chi connectivity index (χ2n) is 5.93. The Morgan fingerprint density at radius 1 is 1.10 bits per heavy atom. The number of carbonyl (C=O) groups excluding carboxylic acids is 2. The standard InChI is InChI=1S/C13H20N2O6/c1-3-11(17)15-5-10-13(19,7-15)20-9-4-14(8(2)16)6-12(9,18)21-10/h9-10,18-19H,3-7H2,1-2H3/t9-,10-,12-,13-/m0/s1. The van der Waals surface area contributed by atoms with Crippen LogP contribution in [0.25, 0.3) is 0 Å². The molecule has 0 saturated carbocycles. The molecule has 0 spiro atoms. The molecule has 0 aliphatic carbocycles. The summed E-state index contributed by atoms with van der Waals surface area (Å²) in [5, 5.41) is 21.1. The van der Waals surface area contributed by atoms with Gasteiger partial charge in [-0.25, -0.2) is 0 Å². The van der Waals surface area contributed by atoms with Crippen molar-refractivity contribution in [1.82, 2.24) is 9.80 Å². The van der Waals surface area contributed by atoms with Crippen molar-refractivity contribution in [3.8, 4) is 0 Å². The maximum atomic E-state index is 11.8. The van der Waals surface area contributed by atoms with Gasteiger partial charge in [0.25, 0.3) is 0 Å². The molecular formula is C13H20N2O6. The molecular weight excluding hydrogens is 280 g/mol. The van der Waals surface area contributed by atoms with E-state index in [1.54, 1.807) is 6.92 Å². The van der Waals surface area contributed by atoms with Crippen LogP contribution in [0.15, 0.2) is 0 Å². The van der Waals surface area contributed by atoms with Crippen LogP contribution in [0, 0.1) is 0 Å². The van der Waals surface area contributed by atoms with Gasteiger partial charge in [0.15, 0.2) is 0 Å². The molecule has 2 N–H and O–H groups in total. The van der Waals surface area contributed by atoms with Crippen LogP contribution in [0.5, 0.6) is 0 Å². The number of hydrogen-bond donors (Lipinski definition) is 2. The summed E-state index contributed by atoms with van der Waals surface area (Å²) >= 11 is 0. The Bertz CT molecular complexity index is 485. The smallest absolute Gasteiger partial charge is 0.222 e. The third-order valence-corrected chi connectivity index (χ3v) is 4.41. The van der Waals surface area contributed by atoms with E-state index in [0.717, 1.165) is 0 Å². The monoisotopic (exact) mass is 300 g/mol. The number of fused-ring (bicyclic) bond motifs is 2. The second kappa shape index (κ2) is 4.64. The predicted molar refractivity (Wildman–Crippen MR) is 68.8 cm³/mol. The van der Waals surface area contributed by atoms with Crippen LogP contribution < -0.4 is 0 Å². The maximum Gasteiger partial charge on any atom is 0.222 e. The van der Waals surface area contributed by atoms with Crippen LogP contribution in [-0.2, 0) is 19.1 Å². The Labute approximate surface area is 122 Å². The third kappa shape index (κ3) is 2.22. The molecule has 21 heavy (non-hydrogen) atoms. The zero-order valence-electron chi connectivity index (χ0n) is 12.1. The van der Waals surface area contributed by atoms with Crippen molar-refractivity contribution in [2.45, 2.75) is 44.1 Å². The fraction of sp³-hybridized carbons (Fsp3) is 0.846. The van der Waals surface area contributed by atoms with Gasteiger partial charge in [-0.2, -0.15) is 0 Å². The molecule has 118 valence electrons. The highest BCUT2D eigenvalue weighted by Gasteiger charge is 2.63. The van der Waals surface area contributed by atoms with Crippen LogP contribution in [0.4, 0.5) is 0 Å². The fourth-order valence-electron chi connectivity index (χ4n) is 3.20. The summed E-state index contributed by atoms with van der Waals surface area (Å²) < 4.78 is 11.2. The van der Waals surface area contributed by atoms with E-state index in [4.69, 9.17) is 9.47 Å². The average Bonchev–Trinajstić information content (AvgIpc) is 2.90. The number of nitrogens with zero attached hydrogens (tertiary/aromatic N) is 2. The highest BCUT2D eigenvalue weighted by atomic mass is 16.7. The lowest BCUT2D eigenvalue weighted by Crippen LogP contribution is -2.63. The molecule has 8 heteroatoms. The lowest BCUT2D eigenvalue weighted by atomic mass is 10.1. The number of rotatable bonds is 1. The minimum absolute atomic E-state index is 0.00129. The lowest BCUT2D eigenvalue weighted by molar-refractivity contribution is -0.396.